The van der Waals surface area contributed by atoms with E-state index in [1.165, 1.54) is 12.5 Å². The zero-order chi connectivity index (χ0) is 27.6. The van der Waals surface area contributed by atoms with Gasteiger partial charge in [0, 0.05) is 11.1 Å². The molecule has 1 aliphatic carbocycles. The summed E-state index contributed by atoms with van der Waals surface area (Å²) in [4.78, 5) is 0. The standard InChI is InChI=1S/C33H30O6/c1-7-38-27-19-17-25(29(34-3)31(27)36-5)33(26-18-20-28(39-8-2)32(37-6)30(26)35-4)23-15-11-9-13-21(23)22-14-10-12-16-24(22)33/h7-20H,1-2H2,3-6H3. The Balaban J connectivity index is 2.01. The molecule has 0 saturated heterocycles. The molecule has 39 heavy (non-hydrogen) atoms. The van der Waals surface area contributed by atoms with Gasteiger partial charge in [0.2, 0.25) is 11.5 Å². The first-order valence-corrected chi connectivity index (χ1v) is 12.4. The van der Waals surface area contributed by atoms with E-state index in [1.54, 1.807) is 28.4 Å². The van der Waals surface area contributed by atoms with E-state index in [0.717, 1.165) is 33.4 Å². The highest BCUT2D eigenvalue weighted by atomic mass is 16.5. The number of benzene rings is 4. The first kappa shape index (κ1) is 25.8. The second-order valence-corrected chi connectivity index (χ2v) is 8.77. The van der Waals surface area contributed by atoms with Gasteiger partial charge in [-0.1, -0.05) is 61.7 Å². The Hall–Kier alpha value is -4.84. The van der Waals surface area contributed by atoms with E-state index in [0.29, 0.717) is 34.5 Å². The molecule has 0 fully saturated rings. The molecule has 5 rings (SSSR count). The number of hydrogen-bond acceptors (Lipinski definition) is 6. The largest absolute Gasteiger partial charge is 0.492 e. The number of hydrogen-bond donors (Lipinski definition) is 0. The Labute approximate surface area is 228 Å². The van der Waals surface area contributed by atoms with E-state index in [1.807, 2.05) is 48.5 Å². The van der Waals surface area contributed by atoms with E-state index < -0.39 is 5.41 Å². The summed E-state index contributed by atoms with van der Waals surface area (Å²) in [5, 5.41) is 0. The summed E-state index contributed by atoms with van der Waals surface area (Å²) in [6, 6.07) is 24.4. The van der Waals surface area contributed by atoms with E-state index >= 15 is 0 Å². The SMILES string of the molecule is C=COc1ccc(C2(c3ccc(OC=C)c(OC)c3OC)c3ccccc3-c3ccccc32)c(OC)c1OC. The van der Waals surface area contributed by atoms with Crippen LogP contribution in [0.1, 0.15) is 22.3 Å². The van der Waals surface area contributed by atoms with E-state index in [-0.39, 0.29) is 0 Å². The molecule has 1 aliphatic rings. The molecule has 0 atom stereocenters. The third kappa shape index (κ3) is 3.71. The molecule has 6 nitrogen and oxygen atoms in total. The molecule has 0 bridgehead atoms. The highest BCUT2D eigenvalue weighted by Gasteiger charge is 2.50. The van der Waals surface area contributed by atoms with Gasteiger partial charge in [-0.25, -0.2) is 0 Å². The highest BCUT2D eigenvalue weighted by molar-refractivity contribution is 5.88. The molecule has 0 radical (unpaired) electrons. The van der Waals surface area contributed by atoms with Crippen LogP contribution in [0.25, 0.3) is 11.1 Å². The Morgan fingerprint density at radius 1 is 0.487 bits per heavy atom. The zero-order valence-corrected chi connectivity index (χ0v) is 22.4. The first-order chi connectivity index (χ1) is 19.1. The van der Waals surface area contributed by atoms with Crippen LogP contribution in [0.15, 0.2) is 98.5 Å². The third-order valence-electron chi connectivity index (χ3n) is 7.15. The molecule has 0 aromatic heterocycles. The summed E-state index contributed by atoms with van der Waals surface area (Å²) in [5.74, 6) is 2.93. The maximum absolute atomic E-state index is 6.09. The Morgan fingerprint density at radius 2 is 0.872 bits per heavy atom. The summed E-state index contributed by atoms with van der Waals surface area (Å²) in [5.41, 5.74) is 5.12. The Morgan fingerprint density at radius 3 is 1.23 bits per heavy atom. The van der Waals surface area contributed by atoms with Gasteiger partial charge in [-0.05, 0) is 46.5 Å². The van der Waals surface area contributed by atoms with Crippen molar-refractivity contribution >= 4 is 0 Å². The van der Waals surface area contributed by atoms with Crippen LogP contribution in [-0.2, 0) is 5.41 Å². The minimum atomic E-state index is -0.885. The lowest BCUT2D eigenvalue weighted by atomic mass is 9.66. The highest BCUT2D eigenvalue weighted by Crippen LogP contribution is 2.62. The molecule has 4 aromatic rings. The summed E-state index contributed by atoms with van der Waals surface area (Å²) in [6.45, 7) is 7.41. The smallest absolute Gasteiger partial charge is 0.204 e. The average Bonchev–Trinajstić information content (AvgIpc) is 3.27. The topological polar surface area (TPSA) is 55.4 Å². The predicted molar refractivity (Wildman–Crippen MR) is 152 cm³/mol. The van der Waals surface area contributed by atoms with Crippen molar-refractivity contribution in [1.82, 2.24) is 0 Å². The fourth-order valence-electron chi connectivity index (χ4n) is 5.80. The molecule has 4 aromatic carbocycles. The van der Waals surface area contributed by atoms with Gasteiger partial charge in [0.15, 0.2) is 23.0 Å². The molecule has 6 heteroatoms. The van der Waals surface area contributed by atoms with Crippen molar-refractivity contribution in [2.24, 2.45) is 0 Å². The molecule has 0 aliphatic heterocycles. The van der Waals surface area contributed by atoms with Crippen molar-refractivity contribution in [3.8, 4) is 45.6 Å². The van der Waals surface area contributed by atoms with Crippen LogP contribution >= 0.6 is 0 Å². The second kappa shape index (κ2) is 10.5. The van der Waals surface area contributed by atoms with Gasteiger partial charge in [-0.3, -0.25) is 0 Å². The molecule has 0 spiro atoms. The summed E-state index contributed by atoms with van der Waals surface area (Å²) >= 11 is 0. The van der Waals surface area contributed by atoms with Crippen molar-refractivity contribution in [3.05, 3.63) is 121 Å². The van der Waals surface area contributed by atoms with Crippen LogP contribution in [0.4, 0.5) is 0 Å². The monoisotopic (exact) mass is 522 g/mol. The summed E-state index contributed by atoms with van der Waals surface area (Å²) < 4.78 is 35.2. The Kier molecular flexibility index (Phi) is 6.94. The number of fused-ring (bicyclic) bond motifs is 3. The van der Waals surface area contributed by atoms with Crippen LogP contribution in [-0.4, -0.2) is 28.4 Å². The fraction of sp³-hybridized carbons (Fsp3) is 0.152. The second-order valence-electron chi connectivity index (χ2n) is 8.77. The Bertz CT molecular complexity index is 1440. The van der Waals surface area contributed by atoms with Crippen molar-refractivity contribution in [3.63, 3.8) is 0 Å². The van der Waals surface area contributed by atoms with Gasteiger partial charge in [0.1, 0.15) is 0 Å². The lowest BCUT2D eigenvalue weighted by Gasteiger charge is -2.36. The van der Waals surface area contributed by atoms with Gasteiger partial charge < -0.3 is 28.4 Å². The predicted octanol–water partition coefficient (Wildman–Crippen LogP) is 7.13. The molecule has 0 unspecified atom stereocenters. The minimum absolute atomic E-state index is 0.452. The quantitative estimate of drug-likeness (QED) is 0.182. The van der Waals surface area contributed by atoms with Crippen molar-refractivity contribution in [1.29, 1.82) is 0 Å². The molecule has 198 valence electrons. The van der Waals surface area contributed by atoms with Gasteiger partial charge in [0.05, 0.1) is 46.4 Å². The molecule has 0 N–H and O–H groups in total. The summed E-state index contributed by atoms with van der Waals surface area (Å²) in [6.07, 6.45) is 2.72. The lowest BCUT2D eigenvalue weighted by molar-refractivity contribution is 0.326. The normalized spacial score (nSPS) is 12.5. The first-order valence-electron chi connectivity index (χ1n) is 12.4. The van der Waals surface area contributed by atoms with Crippen LogP contribution in [0.3, 0.4) is 0 Å². The average molecular weight is 523 g/mol. The maximum Gasteiger partial charge on any atom is 0.204 e. The lowest BCUT2D eigenvalue weighted by Crippen LogP contribution is -2.30. The summed E-state index contributed by atoms with van der Waals surface area (Å²) in [7, 11) is 6.42. The molecule has 0 heterocycles. The number of rotatable bonds is 10. The van der Waals surface area contributed by atoms with Crippen molar-refractivity contribution in [2.75, 3.05) is 28.4 Å². The molecule has 0 amide bonds. The minimum Gasteiger partial charge on any atom is -0.492 e. The van der Waals surface area contributed by atoms with Crippen LogP contribution in [0.5, 0.6) is 34.5 Å². The van der Waals surface area contributed by atoms with Gasteiger partial charge >= 0.3 is 0 Å². The van der Waals surface area contributed by atoms with E-state index in [4.69, 9.17) is 28.4 Å². The van der Waals surface area contributed by atoms with E-state index in [9.17, 15) is 0 Å². The third-order valence-corrected chi connectivity index (χ3v) is 7.15. The van der Waals surface area contributed by atoms with Gasteiger partial charge in [-0.15, -0.1) is 0 Å². The van der Waals surface area contributed by atoms with Crippen LogP contribution in [0, 0.1) is 0 Å². The van der Waals surface area contributed by atoms with Gasteiger partial charge in [-0.2, -0.15) is 0 Å². The molecular weight excluding hydrogens is 492 g/mol. The maximum atomic E-state index is 6.09. The number of methoxy groups -OCH3 is 4. The molecule has 0 saturated carbocycles. The van der Waals surface area contributed by atoms with Crippen LogP contribution in [0.2, 0.25) is 0 Å². The molecular formula is C33H30O6. The number of ether oxygens (including phenoxy) is 6. The van der Waals surface area contributed by atoms with Crippen LogP contribution < -0.4 is 28.4 Å². The van der Waals surface area contributed by atoms with E-state index in [2.05, 4.69) is 37.4 Å². The van der Waals surface area contributed by atoms with Crippen molar-refractivity contribution in [2.45, 2.75) is 5.41 Å². The van der Waals surface area contributed by atoms with Gasteiger partial charge in [0.25, 0.3) is 0 Å². The zero-order valence-electron chi connectivity index (χ0n) is 22.4. The van der Waals surface area contributed by atoms with Crippen molar-refractivity contribution < 1.29 is 28.4 Å². The fourth-order valence-corrected chi connectivity index (χ4v) is 5.80.